The zero-order valence-corrected chi connectivity index (χ0v) is 13.0. The maximum absolute atomic E-state index is 13.5. The third-order valence-corrected chi connectivity index (χ3v) is 5.94. The molecule has 0 radical (unpaired) electrons. The lowest BCUT2D eigenvalue weighted by Gasteiger charge is -2.37. The van der Waals surface area contributed by atoms with Crippen LogP contribution in [0.4, 0.5) is 4.39 Å². The molecule has 0 bridgehead atoms. The van der Waals surface area contributed by atoms with Crippen LogP contribution in [0, 0.1) is 23.6 Å². The largest absolute Gasteiger partial charge is 0.505 e. The Labute approximate surface area is 127 Å². The van der Waals surface area contributed by atoms with Crippen molar-refractivity contribution in [3.8, 4) is 5.75 Å². The Balaban J connectivity index is 1.56. The highest BCUT2D eigenvalue weighted by atomic mass is 19.1. The molecule has 1 aromatic rings. The van der Waals surface area contributed by atoms with Gasteiger partial charge in [0.15, 0.2) is 11.6 Å². The van der Waals surface area contributed by atoms with Gasteiger partial charge in [0.25, 0.3) is 0 Å². The summed E-state index contributed by atoms with van der Waals surface area (Å²) in [5, 5.41) is 9.30. The molecule has 1 nitrogen and oxygen atoms in total. The summed E-state index contributed by atoms with van der Waals surface area (Å²) in [5.74, 6) is 2.55. The topological polar surface area (TPSA) is 20.2 Å². The Morgan fingerprint density at radius 3 is 2.05 bits per heavy atom. The predicted octanol–water partition coefficient (Wildman–Crippen LogP) is 5.63. The quantitative estimate of drug-likeness (QED) is 0.748. The lowest BCUT2D eigenvalue weighted by Crippen LogP contribution is -2.24. The molecule has 1 N–H and O–H groups in total. The molecule has 21 heavy (non-hydrogen) atoms. The lowest BCUT2D eigenvalue weighted by molar-refractivity contribution is 0.165. The average Bonchev–Trinajstić information content (AvgIpc) is 2.51. The zero-order chi connectivity index (χ0) is 14.8. The summed E-state index contributed by atoms with van der Waals surface area (Å²) >= 11 is 0. The van der Waals surface area contributed by atoms with Crippen molar-refractivity contribution in [1.29, 1.82) is 0 Å². The van der Waals surface area contributed by atoms with Gasteiger partial charge in [0.2, 0.25) is 0 Å². The van der Waals surface area contributed by atoms with Crippen molar-refractivity contribution in [3.05, 3.63) is 29.6 Å². The third-order valence-electron chi connectivity index (χ3n) is 5.94. The number of benzene rings is 1. The van der Waals surface area contributed by atoms with E-state index in [-0.39, 0.29) is 5.75 Å². The van der Waals surface area contributed by atoms with E-state index in [2.05, 4.69) is 6.92 Å². The Bertz CT molecular complexity index is 468. The fourth-order valence-corrected chi connectivity index (χ4v) is 4.46. The van der Waals surface area contributed by atoms with E-state index in [1.807, 2.05) is 6.07 Å². The van der Waals surface area contributed by atoms with Crippen molar-refractivity contribution in [1.82, 2.24) is 0 Å². The molecule has 0 heterocycles. The second-order valence-corrected chi connectivity index (χ2v) is 7.34. The van der Waals surface area contributed by atoms with E-state index in [4.69, 9.17) is 0 Å². The fraction of sp³-hybridized carbons (Fsp3) is 0.684. The van der Waals surface area contributed by atoms with Gasteiger partial charge < -0.3 is 5.11 Å². The van der Waals surface area contributed by atoms with E-state index >= 15 is 0 Å². The van der Waals surface area contributed by atoms with Gasteiger partial charge in [0.1, 0.15) is 0 Å². The molecule has 0 unspecified atom stereocenters. The van der Waals surface area contributed by atoms with Gasteiger partial charge in [0, 0.05) is 0 Å². The minimum atomic E-state index is -0.476. The molecule has 2 aliphatic rings. The number of rotatable bonds is 2. The molecule has 0 spiro atoms. The molecule has 116 valence electrons. The first kappa shape index (κ1) is 14.9. The number of phenols is 1. The zero-order valence-electron chi connectivity index (χ0n) is 13.0. The third kappa shape index (κ3) is 3.41. The number of hydrogen-bond acceptors (Lipinski definition) is 1. The van der Waals surface area contributed by atoms with Crippen LogP contribution < -0.4 is 0 Å². The molecule has 2 saturated carbocycles. The summed E-state index contributed by atoms with van der Waals surface area (Å²) in [7, 11) is 0. The maximum Gasteiger partial charge on any atom is 0.165 e. The van der Waals surface area contributed by atoms with Crippen LogP contribution in [0.25, 0.3) is 0 Å². The SMILES string of the molecule is CC1CCC(C2CCC(c3ccc(O)c(F)c3)CC2)CC1. The summed E-state index contributed by atoms with van der Waals surface area (Å²) in [5.41, 5.74) is 1.07. The molecule has 0 saturated heterocycles. The molecule has 2 heteroatoms. The minimum absolute atomic E-state index is 0.233. The van der Waals surface area contributed by atoms with E-state index in [1.54, 1.807) is 0 Å². The maximum atomic E-state index is 13.5. The summed E-state index contributed by atoms with van der Waals surface area (Å²) in [6.45, 7) is 2.38. The van der Waals surface area contributed by atoms with Crippen molar-refractivity contribution in [3.63, 3.8) is 0 Å². The van der Waals surface area contributed by atoms with Crippen molar-refractivity contribution in [2.75, 3.05) is 0 Å². The second kappa shape index (κ2) is 6.37. The molecule has 0 aromatic heterocycles. The summed E-state index contributed by atoms with van der Waals surface area (Å²) in [6.07, 6.45) is 10.6. The van der Waals surface area contributed by atoms with Crippen molar-refractivity contribution >= 4 is 0 Å². The Morgan fingerprint density at radius 2 is 1.48 bits per heavy atom. The van der Waals surface area contributed by atoms with Gasteiger partial charge in [0.05, 0.1) is 0 Å². The van der Waals surface area contributed by atoms with Gasteiger partial charge in [-0.2, -0.15) is 0 Å². The first-order chi connectivity index (χ1) is 10.1. The molecular weight excluding hydrogens is 263 g/mol. The molecule has 2 fully saturated rings. The van der Waals surface area contributed by atoms with E-state index in [1.165, 1.54) is 63.5 Å². The van der Waals surface area contributed by atoms with Crippen molar-refractivity contribution in [2.24, 2.45) is 17.8 Å². The molecular formula is C19H27FO. The Hall–Kier alpha value is -1.05. The van der Waals surface area contributed by atoms with Crippen LogP contribution in [0.1, 0.15) is 69.8 Å². The summed E-state index contributed by atoms with van der Waals surface area (Å²) in [6, 6.07) is 4.92. The molecule has 1 aromatic carbocycles. The second-order valence-electron chi connectivity index (χ2n) is 7.34. The van der Waals surface area contributed by atoms with Crippen molar-refractivity contribution < 1.29 is 9.50 Å². The summed E-state index contributed by atoms with van der Waals surface area (Å²) < 4.78 is 13.5. The molecule has 3 rings (SSSR count). The van der Waals surface area contributed by atoms with Crippen molar-refractivity contribution in [2.45, 2.75) is 64.2 Å². The van der Waals surface area contributed by atoms with E-state index < -0.39 is 5.82 Å². The minimum Gasteiger partial charge on any atom is -0.505 e. The normalized spacial score (nSPS) is 33.8. The standard InChI is InChI=1S/C19H27FO/c1-13-2-4-14(5-3-13)15-6-8-16(9-7-15)17-10-11-19(21)18(20)12-17/h10-16,21H,2-9H2,1H3. The monoisotopic (exact) mass is 290 g/mol. The smallest absolute Gasteiger partial charge is 0.165 e. The van der Waals surface area contributed by atoms with E-state index in [9.17, 15) is 9.50 Å². The average molecular weight is 290 g/mol. The van der Waals surface area contributed by atoms with E-state index in [0.717, 1.165) is 23.3 Å². The molecule has 0 atom stereocenters. The molecule has 0 aliphatic heterocycles. The first-order valence-electron chi connectivity index (χ1n) is 8.62. The first-order valence-corrected chi connectivity index (χ1v) is 8.62. The summed E-state index contributed by atoms with van der Waals surface area (Å²) in [4.78, 5) is 0. The van der Waals surface area contributed by atoms with Gasteiger partial charge in [-0.05, 0) is 79.9 Å². The van der Waals surface area contributed by atoms with Gasteiger partial charge in [-0.15, -0.1) is 0 Å². The van der Waals surface area contributed by atoms with E-state index in [0.29, 0.717) is 5.92 Å². The van der Waals surface area contributed by atoms with Crippen LogP contribution in [0.3, 0.4) is 0 Å². The number of halogens is 1. The highest BCUT2D eigenvalue weighted by Gasteiger charge is 2.30. The van der Waals surface area contributed by atoms with Gasteiger partial charge in [-0.1, -0.05) is 25.8 Å². The number of aromatic hydroxyl groups is 1. The Kier molecular flexibility index (Phi) is 4.51. The van der Waals surface area contributed by atoms with Crippen LogP contribution in [0.2, 0.25) is 0 Å². The highest BCUT2D eigenvalue weighted by molar-refractivity contribution is 5.30. The fourth-order valence-electron chi connectivity index (χ4n) is 4.46. The predicted molar refractivity (Wildman–Crippen MR) is 83.9 cm³/mol. The van der Waals surface area contributed by atoms with Crippen LogP contribution in [0.15, 0.2) is 18.2 Å². The lowest BCUT2D eigenvalue weighted by atomic mass is 9.68. The van der Waals surface area contributed by atoms with Crippen LogP contribution >= 0.6 is 0 Å². The van der Waals surface area contributed by atoms with Crippen LogP contribution in [-0.4, -0.2) is 5.11 Å². The van der Waals surface area contributed by atoms with Gasteiger partial charge in [-0.25, -0.2) is 4.39 Å². The van der Waals surface area contributed by atoms with Gasteiger partial charge in [-0.3, -0.25) is 0 Å². The molecule has 0 amide bonds. The van der Waals surface area contributed by atoms with Gasteiger partial charge >= 0.3 is 0 Å². The van der Waals surface area contributed by atoms with Crippen LogP contribution in [0.5, 0.6) is 5.75 Å². The number of hydrogen-bond donors (Lipinski definition) is 1. The van der Waals surface area contributed by atoms with Crippen LogP contribution in [-0.2, 0) is 0 Å². The molecule has 2 aliphatic carbocycles. The highest BCUT2D eigenvalue weighted by Crippen LogP contribution is 2.44. The number of phenolic OH excluding ortho intramolecular Hbond substituents is 1. The Morgan fingerprint density at radius 1 is 0.905 bits per heavy atom.